The van der Waals surface area contributed by atoms with Crippen molar-refractivity contribution in [2.75, 3.05) is 25.5 Å². The normalized spacial score (nSPS) is 10.2. The average molecular weight is 381 g/mol. The van der Waals surface area contributed by atoms with E-state index in [2.05, 4.69) is 5.32 Å². The van der Waals surface area contributed by atoms with Gasteiger partial charge in [0.15, 0.2) is 0 Å². The van der Waals surface area contributed by atoms with Crippen LogP contribution in [0.5, 0.6) is 5.75 Å². The Bertz CT molecular complexity index is 743. The number of benzene rings is 2. The van der Waals surface area contributed by atoms with E-state index in [4.69, 9.17) is 27.9 Å². The smallest absolute Gasteiger partial charge is 0.254 e. The molecule has 0 aliphatic rings. The third kappa shape index (κ3) is 4.87. The quantitative estimate of drug-likeness (QED) is 0.820. The van der Waals surface area contributed by atoms with Crippen molar-refractivity contribution in [2.45, 2.75) is 6.92 Å². The fourth-order valence-electron chi connectivity index (χ4n) is 2.21. The molecule has 2 aromatic rings. The molecule has 0 unspecified atom stereocenters. The highest BCUT2D eigenvalue weighted by Crippen LogP contribution is 2.29. The molecule has 132 valence electrons. The molecule has 2 rings (SSSR count). The predicted molar refractivity (Wildman–Crippen MR) is 99.7 cm³/mol. The number of rotatable bonds is 6. The van der Waals surface area contributed by atoms with Crippen LogP contribution in [0, 0.1) is 0 Å². The number of likely N-dealkylation sites (N-methyl/N-ethyl adjacent to an activating group) is 1. The lowest BCUT2D eigenvalue weighted by Crippen LogP contribution is -2.37. The highest BCUT2D eigenvalue weighted by atomic mass is 35.5. The number of anilines is 1. The molecule has 0 bridgehead atoms. The fraction of sp³-hybridized carbons (Fsp3) is 0.222. The molecular formula is C18H18Cl2N2O3. The summed E-state index contributed by atoms with van der Waals surface area (Å²) in [4.78, 5) is 26.3. The first-order valence-corrected chi connectivity index (χ1v) is 8.39. The maximum atomic E-state index is 12.6. The molecule has 1 N–H and O–H groups in total. The Hall–Kier alpha value is -2.24. The predicted octanol–water partition coefficient (Wildman–Crippen LogP) is 4.10. The Balaban J connectivity index is 2.07. The molecule has 0 radical (unpaired) electrons. The minimum absolute atomic E-state index is 0.108. The van der Waals surface area contributed by atoms with Crippen LogP contribution >= 0.6 is 23.2 Å². The second kappa shape index (κ2) is 8.74. The number of halogens is 2. The third-order valence-corrected chi connectivity index (χ3v) is 4.20. The molecule has 0 atom stereocenters. The molecule has 0 saturated carbocycles. The van der Waals surface area contributed by atoms with Crippen LogP contribution in [0.2, 0.25) is 10.0 Å². The first-order chi connectivity index (χ1) is 12.0. The van der Waals surface area contributed by atoms with Gasteiger partial charge in [-0.25, -0.2) is 0 Å². The van der Waals surface area contributed by atoms with Crippen LogP contribution in [0.15, 0.2) is 42.5 Å². The second-order valence-electron chi connectivity index (χ2n) is 5.19. The summed E-state index contributed by atoms with van der Waals surface area (Å²) in [6.07, 6.45) is 0. The summed E-state index contributed by atoms with van der Waals surface area (Å²) in [5.74, 6) is 0.0370. The van der Waals surface area contributed by atoms with Gasteiger partial charge in [0, 0.05) is 12.1 Å². The lowest BCUT2D eigenvalue weighted by molar-refractivity contribution is -0.116. The van der Waals surface area contributed by atoms with Crippen LogP contribution in [0.3, 0.4) is 0 Å². The number of nitrogens with one attached hydrogen (secondary N) is 1. The molecule has 0 saturated heterocycles. The van der Waals surface area contributed by atoms with Gasteiger partial charge in [0.25, 0.3) is 5.91 Å². The van der Waals surface area contributed by atoms with Gasteiger partial charge >= 0.3 is 0 Å². The molecule has 0 aromatic heterocycles. The van der Waals surface area contributed by atoms with Gasteiger partial charge < -0.3 is 15.0 Å². The van der Waals surface area contributed by atoms with Gasteiger partial charge in [-0.05, 0) is 43.3 Å². The van der Waals surface area contributed by atoms with Crippen molar-refractivity contribution in [3.63, 3.8) is 0 Å². The zero-order chi connectivity index (χ0) is 18.4. The van der Waals surface area contributed by atoms with Gasteiger partial charge in [-0.15, -0.1) is 0 Å². The minimum Gasteiger partial charge on any atom is -0.497 e. The molecule has 0 spiro atoms. The number of ether oxygens (including phenoxy) is 1. The van der Waals surface area contributed by atoms with E-state index in [9.17, 15) is 9.59 Å². The number of methoxy groups -OCH3 is 1. The van der Waals surface area contributed by atoms with Crippen LogP contribution in [0.4, 0.5) is 5.69 Å². The Labute approximate surface area is 156 Å². The first-order valence-electron chi connectivity index (χ1n) is 7.63. The molecule has 7 heteroatoms. The van der Waals surface area contributed by atoms with Crippen molar-refractivity contribution in [1.29, 1.82) is 0 Å². The van der Waals surface area contributed by atoms with Crippen LogP contribution < -0.4 is 10.1 Å². The van der Waals surface area contributed by atoms with E-state index in [0.717, 1.165) is 0 Å². The molecule has 0 fully saturated rings. The number of carbonyl (C=O) groups excluding carboxylic acids is 2. The monoisotopic (exact) mass is 380 g/mol. The maximum absolute atomic E-state index is 12.6. The average Bonchev–Trinajstić information content (AvgIpc) is 2.62. The van der Waals surface area contributed by atoms with Crippen molar-refractivity contribution in [3.8, 4) is 5.75 Å². The zero-order valence-electron chi connectivity index (χ0n) is 13.9. The topological polar surface area (TPSA) is 58.6 Å². The summed E-state index contributed by atoms with van der Waals surface area (Å²) < 4.78 is 5.08. The Kier molecular flexibility index (Phi) is 6.67. The van der Waals surface area contributed by atoms with E-state index in [1.807, 2.05) is 0 Å². The van der Waals surface area contributed by atoms with Crippen LogP contribution in [0.25, 0.3) is 0 Å². The highest BCUT2D eigenvalue weighted by Gasteiger charge is 2.18. The zero-order valence-corrected chi connectivity index (χ0v) is 15.4. The third-order valence-electron chi connectivity index (χ3n) is 3.57. The Morgan fingerprint density at radius 1 is 1.08 bits per heavy atom. The number of hydrogen-bond acceptors (Lipinski definition) is 3. The summed E-state index contributed by atoms with van der Waals surface area (Å²) in [5, 5.41) is 3.33. The number of para-hydroxylation sites is 1. The van der Waals surface area contributed by atoms with Crippen LogP contribution in [-0.2, 0) is 4.79 Å². The lowest BCUT2D eigenvalue weighted by Gasteiger charge is -2.21. The van der Waals surface area contributed by atoms with E-state index in [1.54, 1.807) is 56.5 Å². The van der Waals surface area contributed by atoms with Crippen molar-refractivity contribution in [2.24, 2.45) is 0 Å². The van der Waals surface area contributed by atoms with Crippen molar-refractivity contribution in [3.05, 3.63) is 58.1 Å². The molecular weight excluding hydrogens is 363 g/mol. The van der Waals surface area contributed by atoms with E-state index < -0.39 is 0 Å². The van der Waals surface area contributed by atoms with Gasteiger partial charge in [0.2, 0.25) is 5.91 Å². The number of hydrogen-bond donors (Lipinski definition) is 1. The highest BCUT2D eigenvalue weighted by molar-refractivity contribution is 6.39. The molecule has 2 amide bonds. The summed E-state index contributed by atoms with van der Waals surface area (Å²) in [5.41, 5.74) is 0.815. The van der Waals surface area contributed by atoms with E-state index in [-0.39, 0.29) is 18.4 Å². The van der Waals surface area contributed by atoms with E-state index >= 15 is 0 Å². The van der Waals surface area contributed by atoms with Crippen LogP contribution in [0.1, 0.15) is 17.3 Å². The fourth-order valence-corrected chi connectivity index (χ4v) is 2.70. The molecule has 0 aliphatic carbocycles. The van der Waals surface area contributed by atoms with Gasteiger partial charge in [-0.3, -0.25) is 9.59 Å². The maximum Gasteiger partial charge on any atom is 0.254 e. The van der Waals surface area contributed by atoms with Crippen LogP contribution in [-0.4, -0.2) is 36.9 Å². The largest absolute Gasteiger partial charge is 0.497 e. The minimum atomic E-state index is -0.376. The summed E-state index contributed by atoms with van der Waals surface area (Å²) in [6.45, 7) is 2.08. The number of amides is 2. The summed E-state index contributed by atoms with van der Waals surface area (Å²) >= 11 is 12.1. The second-order valence-corrected chi connectivity index (χ2v) is 6.01. The Morgan fingerprint density at radius 3 is 2.20 bits per heavy atom. The van der Waals surface area contributed by atoms with Gasteiger partial charge in [0.1, 0.15) is 12.3 Å². The SMILES string of the molecule is CCN(CC(=O)Nc1c(Cl)cccc1Cl)C(=O)c1ccc(OC)cc1. The summed E-state index contributed by atoms with van der Waals surface area (Å²) in [6, 6.07) is 11.7. The van der Waals surface area contributed by atoms with E-state index in [0.29, 0.717) is 33.6 Å². The molecule has 0 aliphatic heterocycles. The molecule has 5 nitrogen and oxygen atoms in total. The first kappa shape index (κ1) is 19.1. The molecule has 0 heterocycles. The molecule has 25 heavy (non-hydrogen) atoms. The standard InChI is InChI=1S/C18H18Cl2N2O3/c1-3-22(18(24)12-7-9-13(25-2)10-8-12)11-16(23)21-17-14(19)5-4-6-15(17)20/h4-10H,3,11H2,1-2H3,(H,21,23). The molecule has 2 aromatic carbocycles. The number of carbonyl (C=O) groups is 2. The lowest BCUT2D eigenvalue weighted by atomic mass is 10.2. The van der Waals surface area contributed by atoms with Gasteiger partial charge in [-0.1, -0.05) is 29.3 Å². The van der Waals surface area contributed by atoms with E-state index in [1.165, 1.54) is 4.90 Å². The van der Waals surface area contributed by atoms with Crippen molar-refractivity contribution in [1.82, 2.24) is 4.90 Å². The summed E-state index contributed by atoms with van der Waals surface area (Å²) in [7, 11) is 1.55. The Morgan fingerprint density at radius 2 is 1.68 bits per heavy atom. The van der Waals surface area contributed by atoms with Crippen molar-refractivity contribution >= 4 is 40.7 Å². The van der Waals surface area contributed by atoms with Gasteiger partial charge in [0.05, 0.1) is 22.8 Å². The number of nitrogens with zero attached hydrogens (tertiary/aromatic N) is 1. The van der Waals surface area contributed by atoms with Gasteiger partial charge in [-0.2, -0.15) is 0 Å². The van der Waals surface area contributed by atoms with Crippen molar-refractivity contribution < 1.29 is 14.3 Å².